The minimum Gasteiger partial charge on any atom is -0.384 e. The Hall–Kier alpha value is -1.58. The Labute approximate surface area is 107 Å². The molecule has 3 heteroatoms. The molecule has 0 aliphatic carbocycles. The zero-order valence-corrected chi connectivity index (χ0v) is 10.4. The van der Waals surface area contributed by atoms with Gasteiger partial charge in [-0.2, -0.15) is 0 Å². The van der Waals surface area contributed by atoms with Crippen molar-refractivity contribution in [3.8, 4) is 0 Å². The fraction of sp³-hybridized carbons (Fsp3) is 0.333. The first-order chi connectivity index (χ1) is 8.81. The number of benzene rings is 2. The third-order valence-corrected chi connectivity index (χ3v) is 3.67. The highest BCUT2D eigenvalue weighted by molar-refractivity contribution is 5.85. The van der Waals surface area contributed by atoms with Gasteiger partial charge in [0.15, 0.2) is 0 Å². The van der Waals surface area contributed by atoms with Gasteiger partial charge in [0.25, 0.3) is 0 Å². The van der Waals surface area contributed by atoms with Crippen molar-refractivity contribution in [3.05, 3.63) is 42.5 Å². The molecule has 0 aromatic heterocycles. The first-order valence-electron chi connectivity index (χ1n) is 6.32. The summed E-state index contributed by atoms with van der Waals surface area (Å²) >= 11 is 0. The summed E-state index contributed by atoms with van der Waals surface area (Å²) in [6.45, 7) is 3.09. The van der Waals surface area contributed by atoms with Crippen LogP contribution in [0.4, 0.5) is 5.69 Å². The lowest BCUT2D eigenvalue weighted by Gasteiger charge is -2.40. The maximum atomic E-state index is 5.80. The molecule has 3 N–H and O–H groups in total. The second-order valence-corrected chi connectivity index (χ2v) is 5.11. The lowest BCUT2D eigenvalue weighted by atomic mass is 9.86. The molecule has 0 amide bonds. The molecule has 2 aromatic rings. The van der Waals surface area contributed by atoms with Gasteiger partial charge < -0.3 is 15.8 Å². The highest BCUT2D eigenvalue weighted by atomic mass is 16.5. The number of hydrogen-bond donors (Lipinski definition) is 2. The van der Waals surface area contributed by atoms with Crippen LogP contribution < -0.4 is 11.1 Å². The first-order valence-corrected chi connectivity index (χ1v) is 6.32. The van der Waals surface area contributed by atoms with Crippen LogP contribution in [-0.2, 0) is 4.74 Å². The first kappa shape index (κ1) is 11.5. The number of hydrogen-bond acceptors (Lipinski definition) is 3. The predicted molar refractivity (Wildman–Crippen MR) is 74.7 cm³/mol. The molecule has 0 radical (unpaired) electrons. The zero-order chi connectivity index (χ0) is 12.4. The zero-order valence-electron chi connectivity index (χ0n) is 10.4. The van der Waals surface area contributed by atoms with Crippen LogP contribution in [0.5, 0.6) is 0 Å². The van der Waals surface area contributed by atoms with Crippen LogP contribution in [0.15, 0.2) is 42.5 Å². The number of anilines is 1. The molecule has 0 spiro atoms. The van der Waals surface area contributed by atoms with Crippen LogP contribution in [0.1, 0.15) is 0 Å². The van der Waals surface area contributed by atoms with Crippen molar-refractivity contribution in [2.24, 2.45) is 11.1 Å². The van der Waals surface area contributed by atoms with Gasteiger partial charge in [-0.1, -0.05) is 30.3 Å². The minimum absolute atomic E-state index is 0.131. The second-order valence-electron chi connectivity index (χ2n) is 5.11. The van der Waals surface area contributed by atoms with Gasteiger partial charge in [-0.15, -0.1) is 0 Å². The SMILES string of the molecule is NCC1(CNc2ccc3ccccc3c2)COC1. The van der Waals surface area contributed by atoms with Gasteiger partial charge in [-0.05, 0) is 22.9 Å². The van der Waals surface area contributed by atoms with Gasteiger partial charge in [-0.25, -0.2) is 0 Å². The van der Waals surface area contributed by atoms with Crippen molar-refractivity contribution < 1.29 is 4.74 Å². The Morgan fingerprint density at radius 2 is 1.89 bits per heavy atom. The fourth-order valence-electron chi connectivity index (χ4n) is 2.27. The molecular weight excluding hydrogens is 224 g/mol. The smallest absolute Gasteiger partial charge is 0.0574 e. The molecule has 94 valence electrons. The lowest BCUT2D eigenvalue weighted by Crippen LogP contribution is -2.52. The van der Waals surface area contributed by atoms with Crippen LogP contribution in [0.2, 0.25) is 0 Å². The molecule has 3 nitrogen and oxygen atoms in total. The van der Waals surface area contributed by atoms with Gasteiger partial charge in [0.05, 0.1) is 13.2 Å². The van der Waals surface area contributed by atoms with Gasteiger partial charge in [0.1, 0.15) is 0 Å². The number of nitrogens with one attached hydrogen (secondary N) is 1. The molecule has 1 aliphatic heterocycles. The summed E-state index contributed by atoms with van der Waals surface area (Å²) in [5, 5.41) is 6.00. The monoisotopic (exact) mass is 242 g/mol. The lowest BCUT2D eigenvalue weighted by molar-refractivity contribution is -0.0979. The van der Waals surface area contributed by atoms with Crippen molar-refractivity contribution in [2.75, 3.05) is 31.6 Å². The van der Waals surface area contributed by atoms with Crippen LogP contribution >= 0.6 is 0 Å². The van der Waals surface area contributed by atoms with E-state index in [4.69, 9.17) is 10.5 Å². The third-order valence-electron chi connectivity index (χ3n) is 3.67. The summed E-state index contributed by atoms with van der Waals surface area (Å²) in [5.41, 5.74) is 7.08. The number of ether oxygens (including phenoxy) is 1. The van der Waals surface area contributed by atoms with Crippen LogP contribution in [0, 0.1) is 5.41 Å². The average Bonchev–Trinajstić information content (AvgIpc) is 2.38. The Balaban J connectivity index is 1.74. The van der Waals surface area contributed by atoms with Gasteiger partial charge in [-0.3, -0.25) is 0 Å². The summed E-state index contributed by atoms with van der Waals surface area (Å²) in [6, 6.07) is 14.8. The molecule has 0 atom stereocenters. The van der Waals surface area contributed by atoms with Gasteiger partial charge in [0.2, 0.25) is 0 Å². The highest BCUT2D eigenvalue weighted by Crippen LogP contribution is 2.27. The van der Waals surface area contributed by atoms with Crippen molar-refractivity contribution in [2.45, 2.75) is 0 Å². The molecule has 1 heterocycles. The van der Waals surface area contributed by atoms with Crippen LogP contribution in [0.3, 0.4) is 0 Å². The normalized spacial score (nSPS) is 17.4. The third kappa shape index (κ3) is 2.07. The van der Waals surface area contributed by atoms with Crippen molar-refractivity contribution in [1.29, 1.82) is 0 Å². The number of rotatable bonds is 4. The molecule has 0 bridgehead atoms. The molecule has 18 heavy (non-hydrogen) atoms. The summed E-state index contributed by atoms with van der Waals surface area (Å²) in [6.07, 6.45) is 0. The predicted octanol–water partition coefficient (Wildman–Crippen LogP) is 2.23. The molecule has 2 aromatic carbocycles. The van der Waals surface area contributed by atoms with E-state index in [1.165, 1.54) is 10.8 Å². The highest BCUT2D eigenvalue weighted by Gasteiger charge is 2.36. The second kappa shape index (κ2) is 4.59. The van der Waals surface area contributed by atoms with Gasteiger partial charge >= 0.3 is 0 Å². The summed E-state index contributed by atoms with van der Waals surface area (Å²) in [5.74, 6) is 0. The fourth-order valence-corrected chi connectivity index (χ4v) is 2.27. The van der Waals surface area contributed by atoms with E-state index in [2.05, 4.69) is 47.8 Å². The number of nitrogens with two attached hydrogens (primary N) is 1. The molecular formula is C15H18N2O. The van der Waals surface area contributed by atoms with Crippen LogP contribution in [-0.4, -0.2) is 26.3 Å². The molecule has 1 aliphatic rings. The van der Waals surface area contributed by atoms with Crippen molar-refractivity contribution >= 4 is 16.5 Å². The van der Waals surface area contributed by atoms with E-state index in [0.29, 0.717) is 6.54 Å². The van der Waals surface area contributed by atoms with E-state index >= 15 is 0 Å². The maximum Gasteiger partial charge on any atom is 0.0574 e. The summed E-state index contributed by atoms with van der Waals surface area (Å²) in [4.78, 5) is 0. The topological polar surface area (TPSA) is 47.3 Å². The van der Waals surface area contributed by atoms with Gasteiger partial charge in [0, 0.05) is 24.2 Å². The van der Waals surface area contributed by atoms with E-state index in [0.717, 1.165) is 25.4 Å². The molecule has 0 unspecified atom stereocenters. The van der Waals surface area contributed by atoms with E-state index in [9.17, 15) is 0 Å². The van der Waals surface area contributed by atoms with Crippen molar-refractivity contribution in [1.82, 2.24) is 0 Å². The van der Waals surface area contributed by atoms with E-state index in [-0.39, 0.29) is 5.41 Å². The van der Waals surface area contributed by atoms with Crippen LogP contribution in [0.25, 0.3) is 10.8 Å². The molecule has 0 saturated carbocycles. The Kier molecular flexibility index (Phi) is 2.94. The molecule has 1 saturated heterocycles. The summed E-state index contributed by atoms with van der Waals surface area (Å²) in [7, 11) is 0. The Morgan fingerprint density at radius 3 is 2.56 bits per heavy atom. The summed E-state index contributed by atoms with van der Waals surface area (Å²) < 4.78 is 5.27. The minimum atomic E-state index is 0.131. The standard InChI is InChI=1S/C15H18N2O/c16-8-15(10-18-11-15)9-17-14-6-5-12-3-1-2-4-13(12)7-14/h1-7,17H,8-11,16H2. The molecule has 3 rings (SSSR count). The van der Waals surface area contributed by atoms with E-state index in [1.54, 1.807) is 0 Å². The molecule has 1 fully saturated rings. The Bertz CT molecular complexity index is 543. The van der Waals surface area contributed by atoms with E-state index in [1.807, 2.05) is 0 Å². The van der Waals surface area contributed by atoms with Crippen molar-refractivity contribution in [3.63, 3.8) is 0 Å². The van der Waals surface area contributed by atoms with E-state index < -0.39 is 0 Å². The number of fused-ring (bicyclic) bond motifs is 1. The Morgan fingerprint density at radius 1 is 1.11 bits per heavy atom. The maximum absolute atomic E-state index is 5.80. The largest absolute Gasteiger partial charge is 0.384 e. The average molecular weight is 242 g/mol. The quantitative estimate of drug-likeness (QED) is 0.864.